The number of rotatable bonds is 7. The average molecular weight is 446 g/mol. The summed E-state index contributed by atoms with van der Waals surface area (Å²) in [6.45, 7) is 1.78. The molecule has 9 nitrogen and oxygen atoms in total. The fourth-order valence-corrected chi connectivity index (χ4v) is 4.56. The number of hydrogen-bond donors (Lipinski definition) is 3. The lowest BCUT2D eigenvalue weighted by Gasteiger charge is -2.22. The van der Waals surface area contributed by atoms with Gasteiger partial charge in [0.1, 0.15) is 5.69 Å². The Hall–Kier alpha value is -3.01. The van der Waals surface area contributed by atoms with Gasteiger partial charge in [-0.1, -0.05) is 31.4 Å². The van der Waals surface area contributed by atoms with Crippen molar-refractivity contribution >= 4 is 22.0 Å². The third kappa shape index (κ3) is 6.24. The van der Waals surface area contributed by atoms with Crippen LogP contribution in [-0.4, -0.2) is 36.4 Å². The summed E-state index contributed by atoms with van der Waals surface area (Å²) in [6.07, 6.45) is 7.39. The highest BCUT2D eigenvalue weighted by molar-refractivity contribution is 7.90. The van der Waals surface area contributed by atoms with E-state index in [0.717, 1.165) is 37.7 Å². The van der Waals surface area contributed by atoms with Crippen LogP contribution in [0.4, 0.5) is 4.79 Å². The largest absolute Gasteiger partial charge is 0.364 e. The second-order valence-corrected chi connectivity index (χ2v) is 9.41. The predicted octanol–water partition coefficient (Wildman–Crippen LogP) is 1.99. The van der Waals surface area contributed by atoms with Crippen molar-refractivity contribution in [3.8, 4) is 0 Å². The van der Waals surface area contributed by atoms with Gasteiger partial charge in [-0.15, -0.1) is 0 Å². The van der Waals surface area contributed by atoms with E-state index < -0.39 is 22.0 Å². The number of primary amides is 1. The van der Waals surface area contributed by atoms with Crippen LogP contribution in [0.25, 0.3) is 0 Å². The van der Waals surface area contributed by atoms with Gasteiger partial charge in [0.15, 0.2) is 0 Å². The molecule has 1 heterocycles. The first-order chi connectivity index (χ1) is 14.7. The maximum Gasteiger partial charge on any atom is 0.328 e. The molecule has 1 aromatic carbocycles. The van der Waals surface area contributed by atoms with Crippen LogP contribution in [0, 0.1) is 6.92 Å². The van der Waals surface area contributed by atoms with E-state index in [1.165, 1.54) is 18.3 Å². The molecule has 4 N–H and O–H groups in total. The molecule has 1 aromatic heterocycles. The Bertz CT molecular complexity index is 1050. The number of hydrogen-bond acceptors (Lipinski definition) is 6. The molecule has 0 bridgehead atoms. The Morgan fingerprint density at radius 3 is 2.42 bits per heavy atom. The van der Waals surface area contributed by atoms with Crippen molar-refractivity contribution in [3.05, 3.63) is 53.1 Å². The number of aryl methyl sites for hydroxylation is 3. The molecule has 0 radical (unpaired) electrons. The smallest absolute Gasteiger partial charge is 0.328 e. The highest BCUT2D eigenvalue weighted by Gasteiger charge is 2.21. The lowest BCUT2D eigenvalue weighted by molar-refractivity contribution is 0.0994. The molecule has 1 aliphatic carbocycles. The molecule has 3 amide bonds. The minimum atomic E-state index is -3.96. The van der Waals surface area contributed by atoms with E-state index in [2.05, 4.69) is 20.0 Å². The number of nitrogens with one attached hydrogen (secondary N) is 2. The minimum Gasteiger partial charge on any atom is -0.364 e. The molecule has 0 atom stereocenters. The number of nitrogens with zero attached hydrogens (tertiary/aromatic N) is 2. The van der Waals surface area contributed by atoms with Crippen LogP contribution in [0.3, 0.4) is 0 Å². The minimum absolute atomic E-state index is 0.00298. The van der Waals surface area contributed by atoms with Crippen LogP contribution < -0.4 is 15.8 Å². The number of carbonyl (C=O) groups excluding carboxylic acids is 2. The number of benzene rings is 1. The predicted molar refractivity (Wildman–Crippen MR) is 115 cm³/mol. The Labute approximate surface area is 181 Å². The van der Waals surface area contributed by atoms with Crippen LogP contribution in [0.5, 0.6) is 0 Å². The monoisotopic (exact) mass is 445 g/mol. The normalized spacial score (nSPS) is 14.7. The van der Waals surface area contributed by atoms with Gasteiger partial charge in [-0.2, -0.15) is 0 Å². The molecular weight excluding hydrogens is 418 g/mol. The average Bonchev–Trinajstić information content (AvgIpc) is 2.72. The van der Waals surface area contributed by atoms with Gasteiger partial charge < -0.3 is 11.1 Å². The van der Waals surface area contributed by atoms with Gasteiger partial charge in [0.2, 0.25) is 0 Å². The summed E-state index contributed by atoms with van der Waals surface area (Å²) in [6, 6.07) is 5.54. The fraction of sp³-hybridized carbons (Fsp3) is 0.429. The molecule has 1 aliphatic rings. The van der Waals surface area contributed by atoms with Crippen LogP contribution in [0.15, 0.2) is 35.4 Å². The molecule has 0 unspecified atom stereocenters. The standard InChI is InChI=1S/C21H27N5O4S/c1-14-13-23-19(20(22)27)18(24-14)12-9-15-7-10-17(11-8-15)31(29,30)26-21(28)25-16-5-3-2-4-6-16/h7-8,10-11,13,16H,2-6,9,12H2,1H3,(H2,22,27)(H2,25,26,28). The Morgan fingerprint density at radius 1 is 1.10 bits per heavy atom. The molecule has 166 valence electrons. The van der Waals surface area contributed by atoms with Crippen molar-refractivity contribution in [2.45, 2.75) is 62.8 Å². The van der Waals surface area contributed by atoms with E-state index in [0.29, 0.717) is 24.2 Å². The number of urea groups is 1. The maximum atomic E-state index is 12.5. The second-order valence-electron chi connectivity index (χ2n) is 7.73. The second kappa shape index (κ2) is 9.86. The van der Waals surface area contributed by atoms with Crippen molar-refractivity contribution in [2.24, 2.45) is 5.73 Å². The van der Waals surface area contributed by atoms with E-state index in [-0.39, 0.29) is 16.6 Å². The summed E-state index contributed by atoms with van der Waals surface area (Å²) in [5, 5.41) is 2.73. The first-order valence-corrected chi connectivity index (χ1v) is 11.8. The van der Waals surface area contributed by atoms with Crippen molar-refractivity contribution < 1.29 is 18.0 Å². The molecule has 31 heavy (non-hydrogen) atoms. The van der Waals surface area contributed by atoms with Crippen molar-refractivity contribution in [3.63, 3.8) is 0 Å². The number of amides is 3. The van der Waals surface area contributed by atoms with Gasteiger partial charge in [0.25, 0.3) is 15.9 Å². The van der Waals surface area contributed by atoms with E-state index in [1.807, 2.05) is 0 Å². The number of sulfonamides is 1. The number of carbonyl (C=O) groups is 2. The SMILES string of the molecule is Cc1cnc(C(N)=O)c(CCc2ccc(S(=O)(=O)NC(=O)NC3CCCCC3)cc2)n1. The van der Waals surface area contributed by atoms with E-state index in [9.17, 15) is 18.0 Å². The summed E-state index contributed by atoms with van der Waals surface area (Å²) in [4.78, 5) is 32.0. The van der Waals surface area contributed by atoms with Crippen LogP contribution in [0.1, 0.15) is 59.5 Å². The molecule has 1 fully saturated rings. The summed E-state index contributed by atoms with van der Waals surface area (Å²) >= 11 is 0. The molecule has 0 aliphatic heterocycles. The molecule has 0 spiro atoms. The lowest BCUT2D eigenvalue weighted by atomic mass is 9.96. The van der Waals surface area contributed by atoms with E-state index >= 15 is 0 Å². The third-order valence-corrected chi connectivity index (χ3v) is 6.60. The molecule has 0 saturated heterocycles. The van der Waals surface area contributed by atoms with Crippen molar-refractivity contribution in [1.82, 2.24) is 20.0 Å². The zero-order chi connectivity index (χ0) is 22.4. The molecule has 1 saturated carbocycles. The first-order valence-electron chi connectivity index (χ1n) is 10.3. The zero-order valence-corrected chi connectivity index (χ0v) is 18.2. The summed E-state index contributed by atoms with van der Waals surface area (Å²) in [7, 11) is -3.96. The molecule has 2 aromatic rings. The van der Waals surface area contributed by atoms with Gasteiger partial charge in [-0.3, -0.25) is 9.78 Å². The lowest BCUT2D eigenvalue weighted by Crippen LogP contribution is -2.45. The number of nitrogens with two attached hydrogens (primary N) is 1. The first kappa shape index (κ1) is 22.7. The van der Waals surface area contributed by atoms with Gasteiger partial charge >= 0.3 is 6.03 Å². The highest BCUT2D eigenvalue weighted by Crippen LogP contribution is 2.18. The maximum absolute atomic E-state index is 12.5. The van der Waals surface area contributed by atoms with Gasteiger partial charge in [0.05, 0.1) is 16.3 Å². The van der Waals surface area contributed by atoms with Gasteiger partial charge in [-0.05, 0) is 50.3 Å². The van der Waals surface area contributed by atoms with Gasteiger partial charge in [0, 0.05) is 12.2 Å². The quantitative estimate of drug-likeness (QED) is 0.594. The Balaban J connectivity index is 1.61. The molecule has 10 heteroatoms. The summed E-state index contributed by atoms with van der Waals surface area (Å²) in [5.41, 5.74) is 7.53. The van der Waals surface area contributed by atoms with Crippen LogP contribution in [0.2, 0.25) is 0 Å². The fourth-order valence-electron chi connectivity index (χ4n) is 3.65. The van der Waals surface area contributed by atoms with E-state index in [1.54, 1.807) is 19.1 Å². The van der Waals surface area contributed by atoms with Crippen LogP contribution >= 0.6 is 0 Å². The topological polar surface area (TPSA) is 144 Å². The summed E-state index contributed by atoms with van der Waals surface area (Å²) < 4.78 is 27.1. The zero-order valence-electron chi connectivity index (χ0n) is 17.4. The Kier molecular flexibility index (Phi) is 7.21. The van der Waals surface area contributed by atoms with Crippen LogP contribution in [-0.2, 0) is 22.9 Å². The molecular formula is C21H27N5O4S. The van der Waals surface area contributed by atoms with E-state index in [4.69, 9.17) is 5.73 Å². The number of aromatic nitrogens is 2. The van der Waals surface area contributed by atoms with Crippen molar-refractivity contribution in [2.75, 3.05) is 0 Å². The molecule has 3 rings (SSSR count). The highest BCUT2D eigenvalue weighted by atomic mass is 32.2. The van der Waals surface area contributed by atoms with Crippen molar-refractivity contribution in [1.29, 1.82) is 0 Å². The van der Waals surface area contributed by atoms with Gasteiger partial charge in [-0.25, -0.2) is 22.9 Å². The summed E-state index contributed by atoms with van der Waals surface area (Å²) in [5.74, 6) is -0.637. The third-order valence-electron chi connectivity index (χ3n) is 5.25. The Morgan fingerprint density at radius 2 is 1.77 bits per heavy atom.